The second-order valence-electron chi connectivity index (χ2n) is 25.4. The molecule has 16 rings (SSSR count). The van der Waals surface area contributed by atoms with Crippen molar-refractivity contribution in [1.29, 1.82) is 0 Å². The van der Waals surface area contributed by atoms with Gasteiger partial charge in [0.05, 0.1) is 25.1 Å². The van der Waals surface area contributed by atoms with Crippen LogP contribution in [0.3, 0.4) is 0 Å². The summed E-state index contributed by atoms with van der Waals surface area (Å²) in [7, 11) is -5.16. The molecule has 0 atom stereocenters. The molecular formula is C69H65N11O8Si2. The van der Waals surface area contributed by atoms with Crippen LogP contribution >= 0.6 is 0 Å². The van der Waals surface area contributed by atoms with E-state index in [2.05, 4.69) is 111 Å². The lowest BCUT2D eigenvalue weighted by Gasteiger charge is -2.47. The summed E-state index contributed by atoms with van der Waals surface area (Å²) in [6.45, 7) is 12.1. The number of hydroxylamine groups is 2. The van der Waals surface area contributed by atoms with Gasteiger partial charge in [-0.1, -0.05) is 80.3 Å². The summed E-state index contributed by atoms with van der Waals surface area (Å²) in [5.41, 5.74) is 25.9. The molecule has 9 heterocycles. The quantitative estimate of drug-likeness (QED) is 0.0463. The monoisotopic (exact) mass is 1230 g/mol. The molecule has 7 N–H and O–H groups in total. The minimum Gasteiger partial charge on any atom is -0.471 e. The lowest BCUT2D eigenvalue weighted by molar-refractivity contribution is -0.172. The number of ether oxygens (including phenoxy) is 3. The molecule has 0 aliphatic carbocycles. The number of aromatic nitrogens is 4. The van der Waals surface area contributed by atoms with Crippen LogP contribution in [0.1, 0.15) is 102 Å². The molecule has 7 aliphatic rings. The van der Waals surface area contributed by atoms with Gasteiger partial charge >= 0.3 is 5.97 Å². The van der Waals surface area contributed by atoms with Gasteiger partial charge in [0.15, 0.2) is 11.2 Å². The Labute approximate surface area is 520 Å². The Balaban J connectivity index is 0.656. The Morgan fingerprint density at radius 3 is 1.76 bits per heavy atom. The highest BCUT2D eigenvalue weighted by Crippen LogP contribution is 2.52. The van der Waals surface area contributed by atoms with Crippen molar-refractivity contribution < 1.29 is 38.2 Å². The number of nitrogens with two attached hydrogens (primary N) is 2. The minimum atomic E-state index is -2.91. The van der Waals surface area contributed by atoms with Crippen molar-refractivity contribution >= 4 is 100 Å². The molecule has 0 bridgehead atoms. The van der Waals surface area contributed by atoms with Gasteiger partial charge in [-0.2, -0.15) is 9.97 Å². The van der Waals surface area contributed by atoms with Gasteiger partial charge in [0.2, 0.25) is 11.8 Å². The fraction of sp³-hybridized carbons (Fsp3) is 0.261. The van der Waals surface area contributed by atoms with Crippen LogP contribution < -0.4 is 57.4 Å². The largest absolute Gasteiger partial charge is 0.471 e. The first-order valence-corrected chi connectivity index (χ1v) is 36.5. The van der Waals surface area contributed by atoms with Crippen molar-refractivity contribution in [1.82, 2.24) is 30.3 Å². The summed E-state index contributed by atoms with van der Waals surface area (Å²) < 4.78 is 20.6. The maximum Gasteiger partial charge on any atom is 0.363 e. The van der Waals surface area contributed by atoms with Gasteiger partial charge in [-0.25, -0.2) is 9.78 Å². The number of aromatic amines is 1. The Hall–Kier alpha value is -9.68. The molecule has 9 aromatic rings. The van der Waals surface area contributed by atoms with E-state index < -0.39 is 45.1 Å². The highest BCUT2D eigenvalue weighted by atomic mass is 28.3. The molecule has 0 unspecified atom stereocenters. The van der Waals surface area contributed by atoms with Gasteiger partial charge < -0.3 is 55.9 Å². The molecule has 21 heteroatoms. The molecule has 90 heavy (non-hydrogen) atoms. The first-order chi connectivity index (χ1) is 43.6. The van der Waals surface area contributed by atoms with Crippen molar-refractivity contribution in [2.45, 2.75) is 82.9 Å². The van der Waals surface area contributed by atoms with E-state index >= 15 is 0 Å². The second-order valence-corrected chi connectivity index (χ2v) is 33.9. The molecule has 2 spiro atoms. The average Bonchev–Trinajstić information content (AvgIpc) is 1.26. The maximum absolute atomic E-state index is 14.1. The molecule has 7 aliphatic heterocycles. The molecule has 3 saturated heterocycles. The molecule has 2 aromatic heterocycles. The van der Waals surface area contributed by atoms with Crippen LogP contribution in [0.25, 0.3) is 11.2 Å². The maximum atomic E-state index is 14.1. The molecule has 0 radical (unpaired) electrons. The van der Waals surface area contributed by atoms with Crippen molar-refractivity contribution in [3.8, 4) is 5.88 Å². The number of H-pyrrole nitrogens is 1. The number of anilines is 5. The van der Waals surface area contributed by atoms with E-state index in [-0.39, 0.29) is 30.9 Å². The van der Waals surface area contributed by atoms with E-state index in [0.29, 0.717) is 70.9 Å². The van der Waals surface area contributed by atoms with E-state index in [4.69, 9.17) is 40.5 Å². The topological polar surface area (TPSA) is 245 Å². The van der Waals surface area contributed by atoms with Gasteiger partial charge in [-0.05, 0) is 162 Å². The predicted octanol–water partition coefficient (Wildman–Crippen LogP) is 6.61. The van der Waals surface area contributed by atoms with Crippen molar-refractivity contribution in [3.05, 3.63) is 207 Å². The zero-order valence-corrected chi connectivity index (χ0v) is 52.1. The first-order valence-electron chi connectivity index (χ1n) is 30.8. The minimum absolute atomic E-state index is 0.00290. The summed E-state index contributed by atoms with van der Waals surface area (Å²) in [6, 6.07) is 44.9. The summed E-state index contributed by atoms with van der Waals surface area (Å²) >= 11 is 0. The molecule has 3 fully saturated rings. The number of amides is 3. The number of fused-ring (bicyclic) bond motifs is 13. The highest BCUT2D eigenvalue weighted by molar-refractivity contribution is 7.03. The third-order valence-corrected chi connectivity index (χ3v) is 27.4. The third-order valence-electron chi connectivity index (χ3n) is 19.8. The molecule has 3 amide bonds. The third kappa shape index (κ3) is 8.60. The van der Waals surface area contributed by atoms with E-state index in [9.17, 15) is 19.2 Å². The number of hydrogen-bond donors (Lipinski definition) is 5. The number of carbonyl (C=O) groups is 4. The zero-order valence-electron chi connectivity index (χ0n) is 50.1. The Morgan fingerprint density at radius 2 is 1.18 bits per heavy atom. The van der Waals surface area contributed by atoms with Gasteiger partial charge in [-0.15, -0.1) is 5.06 Å². The lowest BCUT2D eigenvalue weighted by atomic mass is 9.78. The van der Waals surface area contributed by atoms with Gasteiger partial charge in [0.25, 0.3) is 17.7 Å². The molecule has 452 valence electrons. The molecule has 19 nitrogen and oxygen atoms in total. The fourth-order valence-electron chi connectivity index (χ4n) is 14.7. The average molecular weight is 1230 g/mol. The van der Waals surface area contributed by atoms with Crippen LogP contribution in [0.5, 0.6) is 5.88 Å². The number of hydrogen-bond acceptors (Lipinski definition) is 16. The summed E-state index contributed by atoms with van der Waals surface area (Å²) in [5, 5.41) is 12.2. The lowest BCUT2D eigenvalue weighted by Crippen LogP contribution is -2.68. The highest BCUT2D eigenvalue weighted by Gasteiger charge is 2.56. The van der Waals surface area contributed by atoms with Crippen LogP contribution in [-0.2, 0) is 61.5 Å². The van der Waals surface area contributed by atoms with E-state index in [1.165, 1.54) is 20.7 Å². The fourth-order valence-corrected chi connectivity index (χ4v) is 21.7. The van der Waals surface area contributed by atoms with Crippen LogP contribution in [0.4, 0.5) is 28.7 Å². The standard InChI is InChI=1S/C69H65N11O8Si2/c1-89(2)56-30-46(70)14-18-50(56)68(51-19-15-47(71)31-57(51)89)54-28-42(10-12-44(54)36-86-68)64(83)72-34-40-6-8-41(9-7-40)35-85-65-62-63(74-38-73-62)76-67(77-65)75-39-90(3)58-32-48(78-24-4-25-78)16-20-52(58)69(53-21-17-49(33-59(53)90)79-26-5-27-79)55-29-43(11-13-45(55)37-87-69)66(84)88-80-60(81)22-23-61(80)82/h6-21,28-33,38H,4-5,22-27,34-37,39,70-71H2,1-3H3,(H,72,83)(H2,73,74,75,76,77). The number of nitrogens with one attached hydrogen (secondary N) is 3. The van der Waals surface area contributed by atoms with Crippen LogP contribution in [0.2, 0.25) is 19.6 Å². The van der Waals surface area contributed by atoms with Crippen LogP contribution in [0, 0.1) is 0 Å². The van der Waals surface area contributed by atoms with Crippen molar-refractivity contribution in [2.75, 3.05) is 58.9 Å². The summed E-state index contributed by atoms with van der Waals surface area (Å²) in [5.74, 6) is -1.37. The Morgan fingerprint density at radius 1 is 0.633 bits per heavy atom. The summed E-state index contributed by atoms with van der Waals surface area (Å²) in [4.78, 5) is 81.0. The van der Waals surface area contributed by atoms with Crippen molar-refractivity contribution in [2.24, 2.45) is 0 Å². The number of rotatable bonds is 13. The van der Waals surface area contributed by atoms with E-state index in [0.717, 1.165) is 106 Å². The Bertz CT molecular complexity index is 4410. The predicted molar refractivity (Wildman–Crippen MR) is 347 cm³/mol. The number of nitrogen functional groups attached to an aromatic ring is 2. The number of imidazole rings is 1. The van der Waals surface area contributed by atoms with Gasteiger partial charge in [0.1, 0.15) is 34.0 Å². The summed E-state index contributed by atoms with van der Waals surface area (Å²) in [6.07, 6.45) is 4.31. The number of benzene rings is 7. The SMILES string of the molecule is C[Si]1(C)c2cc(N)ccc2C2(OCc3ccc(C(=O)NCc4ccc(COc5nc(NC[Si]6(C)c7cc(N8CCC8)ccc7C7(OCc8ccc(C(=O)ON9C(=O)CCC9=O)cc87)c7ccc(N8CCC8)cc76)nc6[nH]cnc56)cc4)cc32)c2ccc(N)cc21. The smallest absolute Gasteiger partial charge is 0.363 e. The normalized spacial score (nSPS) is 18.1. The number of carbonyl (C=O) groups excluding carboxylic acids is 4. The number of nitrogens with zero attached hydrogens (tertiary/aromatic N) is 6. The second kappa shape index (κ2) is 20.7. The first kappa shape index (κ1) is 55.6. The van der Waals surface area contributed by atoms with Gasteiger partial charge in [-0.3, -0.25) is 14.4 Å². The molecule has 0 saturated carbocycles. The van der Waals surface area contributed by atoms with E-state index in [1.807, 2.05) is 66.7 Å². The molecular weight excluding hydrogens is 1170 g/mol. The van der Waals surface area contributed by atoms with Crippen LogP contribution in [0.15, 0.2) is 140 Å². The van der Waals surface area contributed by atoms with Crippen LogP contribution in [-0.4, -0.2) is 97.2 Å². The van der Waals surface area contributed by atoms with Gasteiger partial charge in [0, 0.05) is 80.0 Å². The zero-order chi connectivity index (χ0) is 61.4. The Kier molecular flexibility index (Phi) is 12.8. The number of imide groups is 1. The van der Waals surface area contributed by atoms with E-state index in [1.54, 1.807) is 12.4 Å². The van der Waals surface area contributed by atoms with Crippen molar-refractivity contribution in [3.63, 3.8) is 0 Å². The molecule has 7 aromatic carbocycles.